The van der Waals surface area contributed by atoms with Crippen LogP contribution in [0.15, 0.2) is 24.3 Å². The van der Waals surface area contributed by atoms with Gasteiger partial charge in [-0.05, 0) is 72.5 Å². The number of benzene rings is 1. The van der Waals surface area contributed by atoms with Crippen molar-refractivity contribution in [2.24, 2.45) is 0 Å². The Labute approximate surface area is 128 Å². The second-order valence-corrected chi connectivity index (χ2v) is 6.34. The number of carbonyl (C=O) groups excluding carboxylic acids is 1. The molecule has 1 aliphatic rings. The number of unbranched alkanes of at least 4 members (excludes halogenated alkanes) is 1. The van der Waals surface area contributed by atoms with Crippen LogP contribution in [0.5, 0.6) is 0 Å². The Kier molecular flexibility index (Phi) is 6.10. The van der Waals surface area contributed by atoms with Crippen LogP contribution in [-0.2, 0) is 11.2 Å². The molecule has 1 amide bonds. The molecular formula is C15H21IN2O. The third-order valence-electron chi connectivity index (χ3n) is 3.46. The summed E-state index contributed by atoms with van der Waals surface area (Å²) in [5.74, 6) is 0.205. The van der Waals surface area contributed by atoms with Crippen LogP contribution in [0.1, 0.15) is 31.2 Å². The van der Waals surface area contributed by atoms with Crippen molar-refractivity contribution < 1.29 is 4.79 Å². The Morgan fingerprint density at radius 2 is 2.11 bits per heavy atom. The fourth-order valence-electron chi connectivity index (χ4n) is 2.34. The predicted octanol–water partition coefficient (Wildman–Crippen LogP) is 2.48. The fourth-order valence-corrected chi connectivity index (χ4v) is 2.70. The largest absolute Gasteiger partial charge is 0.352 e. The summed E-state index contributed by atoms with van der Waals surface area (Å²) < 4.78 is 1.27. The highest BCUT2D eigenvalue weighted by molar-refractivity contribution is 14.1. The van der Waals surface area contributed by atoms with Crippen LogP contribution in [0.4, 0.5) is 0 Å². The number of aryl methyl sites for hydroxylation is 1. The molecule has 1 aromatic rings. The molecule has 0 radical (unpaired) electrons. The van der Waals surface area contributed by atoms with Crippen molar-refractivity contribution in [3.8, 4) is 0 Å². The molecule has 0 aromatic heterocycles. The van der Waals surface area contributed by atoms with Gasteiger partial charge in [0.15, 0.2) is 0 Å². The molecule has 2 N–H and O–H groups in total. The third-order valence-corrected chi connectivity index (χ3v) is 4.18. The van der Waals surface area contributed by atoms with Crippen molar-refractivity contribution >= 4 is 28.5 Å². The smallest absolute Gasteiger partial charge is 0.220 e. The van der Waals surface area contributed by atoms with E-state index in [-0.39, 0.29) is 5.91 Å². The molecule has 0 bridgehead atoms. The van der Waals surface area contributed by atoms with E-state index in [9.17, 15) is 4.79 Å². The normalized spacial score (nSPS) is 18.5. The summed E-state index contributed by atoms with van der Waals surface area (Å²) in [4.78, 5) is 11.7. The molecule has 0 saturated carbocycles. The quantitative estimate of drug-likeness (QED) is 0.595. The Morgan fingerprint density at radius 3 is 2.79 bits per heavy atom. The second kappa shape index (κ2) is 7.85. The minimum absolute atomic E-state index is 0.205. The number of hydrogen-bond acceptors (Lipinski definition) is 2. The summed E-state index contributed by atoms with van der Waals surface area (Å²) in [5.41, 5.74) is 1.36. The van der Waals surface area contributed by atoms with Gasteiger partial charge in [0.05, 0.1) is 0 Å². The first-order valence-corrected chi connectivity index (χ1v) is 8.06. The van der Waals surface area contributed by atoms with E-state index < -0.39 is 0 Å². The molecule has 1 aliphatic heterocycles. The van der Waals surface area contributed by atoms with E-state index in [4.69, 9.17) is 0 Å². The van der Waals surface area contributed by atoms with Crippen molar-refractivity contribution in [2.45, 2.75) is 38.1 Å². The number of rotatable bonds is 6. The molecule has 3 nitrogen and oxygen atoms in total. The standard InChI is InChI=1S/C15H21IN2O/c16-13-7-5-12(6-8-13)3-1-2-4-15(19)18-14-9-10-17-11-14/h5-8,14,17H,1-4,9-11H2,(H,18,19). The Morgan fingerprint density at radius 1 is 1.32 bits per heavy atom. The first kappa shape index (κ1) is 14.8. The van der Waals surface area contributed by atoms with E-state index in [0.717, 1.165) is 38.8 Å². The van der Waals surface area contributed by atoms with E-state index in [1.165, 1.54) is 9.13 Å². The maximum Gasteiger partial charge on any atom is 0.220 e. The number of halogens is 1. The molecule has 1 aromatic carbocycles. The number of carbonyl (C=O) groups is 1. The van der Waals surface area contributed by atoms with Gasteiger partial charge in [0.25, 0.3) is 0 Å². The van der Waals surface area contributed by atoms with Crippen molar-refractivity contribution in [2.75, 3.05) is 13.1 Å². The van der Waals surface area contributed by atoms with Gasteiger partial charge in [-0.2, -0.15) is 0 Å². The van der Waals surface area contributed by atoms with Gasteiger partial charge in [0.1, 0.15) is 0 Å². The van der Waals surface area contributed by atoms with Gasteiger partial charge in [0, 0.05) is 22.6 Å². The van der Waals surface area contributed by atoms with Gasteiger partial charge in [-0.3, -0.25) is 4.79 Å². The Hall–Kier alpha value is -0.620. The summed E-state index contributed by atoms with van der Waals surface area (Å²) in [6, 6.07) is 8.97. The molecule has 2 rings (SSSR count). The van der Waals surface area contributed by atoms with Crippen LogP contribution in [0.2, 0.25) is 0 Å². The van der Waals surface area contributed by atoms with Crippen molar-refractivity contribution in [3.05, 3.63) is 33.4 Å². The minimum Gasteiger partial charge on any atom is -0.352 e. The monoisotopic (exact) mass is 372 g/mol. The third kappa shape index (κ3) is 5.48. The first-order chi connectivity index (χ1) is 9.24. The molecule has 4 heteroatoms. The Balaban J connectivity index is 1.58. The van der Waals surface area contributed by atoms with Crippen LogP contribution in [0.3, 0.4) is 0 Å². The van der Waals surface area contributed by atoms with E-state index in [1.54, 1.807) is 0 Å². The SMILES string of the molecule is O=C(CCCCc1ccc(I)cc1)NC1CCNC1. The molecule has 1 unspecified atom stereocenters. The molecule has 1 fully saturated rings. The van der Waals surface area contributed by atoms with E-state index in [2.05, 4.69) is 57.5 Å². The zero-order chi connectivity index (χ0) is 13.5. The first-order valence-electron chi connectivity index (χ1n) is 6.98. The van der Waals surface area contributed by atoms with Gasteiger partial charge >= 0.3 is 0 Å². The van der Waals surface area contributed by atoms with Crippen molar-refractivity contribution in [1.82, 2.24) is 10.6 Å². The van der Waals surface area contributed by atoms with Gasteiger partial charge in [-0.15, -0.1) is 0 Å². The van der Waals surface area contributed by atoms with Gasteiger partial charge in [-0.1, -0.05) is 12.1 Å². The average Bonchev–Trinajstić information content (AvgIpc) is 2.89. The van der Waals surface area contributed by atoms with Crippen molar-refractivity contribution in [3.63, 3.8) is 0 Å². The van der Waals surface area contributed by atoms with E-state index in [0.29, 0.717) is 12.5 Å². The van der Waals surface area contributed by atoms with Gasteiger partial charge in [-0.25, -0.2) is 0 Å². The molecule has 19 heavy (non-hydrogen) atoms. The van der Waals surface area contributed by atoms with Crippen LogP contribution in [0, 0.1) is 3.57 Å². The zero-order valence-corrected chi connectivity index (χ0v) is 13.3. The molecule has 1 saturated heterocycles. The number of nitrogens with one attached hydrogen (secondary N) is 2. The lowest BCUT2D eigenvalue weighted by atomic mass is 10.1. The van der Waals surface area contributed by atoms with Crippen LogP contribution >= 0.6 is 22.6 Å². The van der Waals surface area contributed by atoms with Gasteiger partial charge in [0.2, 0.25) is 5.91 Å². The van der Waals surface area contributed by atoms with E-state index >= 15 is 0 Å². The van der Waals surface area contributed by atoms with Gasteiger partial charge < -0.3 is 10.6 Å². The predicted molar refractivity (Wildman–Crippen MR) is 86.1 cm³/mol. The minimum atomic E-state index is 0.205. The maximum absolute atomic E-state index is 11.7. The average molecular weight is 372 g/mol. The maximum atomic E-state index is 11.7. The van der Waals surface area contributed by atoms with Crippen LogP contribution in [-0.4, -0.2) is 25.0 Å². The molecule has 1 atom stereocenters. The number of amides is 1. The second-order valence-electron chi connectivity index (χ2n) is 5.09. The fraction of sp³-hybridized carbons (Fsp3) is 0.533. The summed E-state index contributed by atoms with van der Waals surface area (Å²) in [6.45, 7) is 1.95. The molecule has 1 heterocycles. The van der Waals surface area contributed by atoms with E-state index in [1.807, 2.05) is 0 Å². The van der Waals surface area contributed by atoms with Crippen LogP contribution < -0.4 is 10.6 Å². The topological polar surface area (TPSA) is 41.1 Å². The highest BCUT2D eigenvalue weighted by Crippen LogP contribution is 2.10. The highest BCUT2D eigenvalue weighted by Gasteiger charge is 2.15. The zero-order valence-electron chi connectivity index (χ0n) is 11.1. The molecule has 0 aliphatic carbocycles. The summed E-state index contributed by atoms with van der Waals surface area (Å²) in [6.07, 6.45) is 4.83. The number of hydrogen-bond donors (Lipinski definition) is 2. The molecule has 0 spiro atoms. The lowest BCUT2D eigenvalue weighted by Crippen LogP contribution is -2.36. The van der Waals surface area contributed by atoms with Crippen molar-refractivity contribution in [1.29, 1.82) is 0 Å². The summed E-state index contributed by atoms with van der Waals surface area (Å²) in [5, 5.41) is 6.34. The van der Waals surface area contributed by atoms with Crippen LogP contribution in [0.25, 0.3) is 0 Å². The summed E-state index contributed by atoms with van der Waals surface area (Å²) in [7, 11) is 0. The highest BCUT2D eigenvalue weighted by atomic mass is 127. The Bertz CT molecular complexity index is 399. The lowest BCUT2D eigenvalue weighted by molar-refractivity contribution is -0.121. The summed E-state index contributed by atoms with van der Waals surface area (Å²) >= 11 is 2.32. The molecule has 104 valence electrons. The lowest BCUT2D eigenvalue weighted by Gasteiger charge is -2.10. The molecular weight excluding hydrogens is 351 g/mol.